The molecule has 0 bridgehead atoms. The molecule has 0 saturated carbocycles. The number of hydrogen-bond acceptors (Lipinski definition) is 7. The van der Waals surface area contributed by atoms with Crippen molar-refractivity contribution < 1.29 is 29.3 Å². The fourth-order valence-electron chi connectivity index (χ4n) is 3.22. The maximum Gasteiger partial charge on any atom is 0.353 e. The lowest BCUT2D eigenvalue weighted by molar-refractivity contribution is -0.179. The van der Waals surface area contributed by atoms with Crippen LogP contribution in [0.4, 0.5) is 0 Å². The normalized spacial score (nSPS) is 19.4. The summed E-state index contributed by atoms with van der Waals surface area (Å²) in [5.41, 5.74) is -2.39. The number of esters is 1. The number of aliphatic hydroxyl groups is 1. The number of hydrogen-bond donors (Lipinski definition) is 4. The molecule has 0 aromatic carbocycles. The molecule has 0 radical (unpaired) electrons. The summed E-state index contributed by atoms with van der Waals surface area (Å²) in [6.07, 6.45) is 1.42. The van der Waals surface area contributed by atoms with Gasteiger partial charge in [0.1, 0.15) is 6.04 Å². The second-order valence-electron chi connectivity index (χ2n) is 10.7. The Balaban J connectivity index is 2.66. The lowest BCUT2D eigenvalue weighted by Gasteiger charge is -2.35. The molecular weight excluding hydrogens is 388 g/mol. The molecule has 176 valence electrons. The lowest BCUT2D eigenvalue weighted by atomic mass is 9.89. The highest BCUT2D eigenvalue weighted by molar-refractivity contribution is 5.79. The molecule has 0 spiro atoms. The summed E-state index contributed by atoms with van der Waals surface area (Å²) in [6.45, 7) is 15.4. The van der Waals surface area contributed by atoms with Crippen LogP contribution in [0.15, 0.2) is 0 Å². The minimum atomic E-state index is -1.78. The van der Waals surface area contributed by atoms with Crippen molar-refractivity contribution in [1.82, 2.24) is 10.6 Å². The van der Waals surface area contributed by atoms with E-state index in [4.69, 9.17) is 9.47 Å². The molecule has 0 aromatic heterocycles. The Hall–Kier alpha value is -1.22. The Morgan fingerprint density at radius 1 is 1.10 bits per heavy atom. The topological polar surface area (TPSA) is 117 Å². The van der Waals surface area contributed by atoms with Crippen molar-refractivity contribution in [3.05, 3.63) is 0 Å². The molecule has 1 saturated heterocycles. The van der Waals surface area contributed by atoms with Gasteiger partial charge in [-0.1, -0.05) is 48.5 Å². The molecule has 30 heavy (non-hydrogen) atoms. The number of nitrogens with one attached hydrogen (secondary N) is 2. The largest absolute Gasteiger partial charge is 0.480 e. The standard InChI is InChI=1S/C22H42N2O6/c1-15(2)22(28,24-12-20(3,4)5)19(27)30-14-21(6,7)13-23-17(18(25)26)16-8-10-29-11-9-16/h15-17,23-24,28H,8-14H2,1-7H3,(H,25,26)/t17-,22?/m0/s1. The first-order valence-electron chi connectivity index (χ1n) is 10.9. The molecule has 8 heteroatoms. The van der Waals surface area contributed by atoms with E-state index in [0.717, 1.165) is 0 Å². The van der Waals surface area contributed by atoms with Crippen LogP contribution in [0.1, 0.15) is 61.3 Å². The molecule has 1 aliphatic rings. The summed E-state index contributed by atoms with van der Waals surface area (Å²) in [7, 11) is 0. The summed E-state index contributed by atoms with van der Waals surface area (Å²) in [5.74, 6) is -1.95. The monoisotopic (exact) mass is 430 g/mol. The Labute approximate surface area is 181 Å². The van der Waals surface area contributed by atoms with Crippen molar-refractivity contribution in [2.75, 3.05) is 32.9 Å². The molecule has 2 atom stereocenters. The first-order chi connectivity index (χ1) is 13.7. The van der Waals surface area contributed by atoms with Crippen LogP contribution in [0, 0.1) is 22.7 Å². The molecule has 1 unspecified atom stereocenters. The molecule has 1 aliphatic heterocycles. The first kappa shape index (κ1) is 26.8. The molecule has 8 nitrogen and oxygen atoms in total. The number of carboxylic acid groups (broad SMARTS) is 1. The van der Waals surface area contributed by atoms with E-state index >= 15 is 0 Å². The highest BCUT2D eigenvalue weighted by atomic mass is 16.6. The van der Waals surface area contributed by atoms with Crippen LogP contribution >= 0.6 is 0 Å². The Bertz CT molecular complexity index is 566. The molecule has 0 aromatic rings. The smallest absolute Gasteiger partial charge is 0.353 e. The summed E-state index contributed by atoms with van der Waals surface area (Å²) in [4.78, 5) is 24.4. The fourth-order valence-corrected chi connectivity index (χ4v) is 3.22. The molecular formula is C22H42N2O6. The summed E-state index contributed by atoms with van der Waals surface area (Å²) < 4.78 is 10.8. The predicted octanol–water partition coefficient (Wildman–Crippen LogP) is 2.01. The zero-order valence-corrected chi connectivity index (χ0v) is 19.7. The maximum absolute atomic E-state index is 12.7. The zero-order chi connectivity index (χ0) is 23.2. The average Bonchev–Trinajstić information content (AvgIpc) is 2.64. The highest BCUT2D eigenvalue weighted by Crippen LogP contribution is 2.23. The second-order valence-corrected chi connectivity index (χ2v) is 10.7. The minimum Gasteiger partial charge on any atom is -0.480 e. The van der Waals surface area contributed by atoms with Crippen LogP contribution < -0.4 is 10.6 Å². The lowest BCUT2D eigenvalue weighted by Crippen LogP contribution is -2.59. The Kier molecular flexibility index (Phi) is 9.73. The number of carboxylic acids is 1. The van der Waals surface area contributed by atoms with Gasteiger partial charge in [0.25, 0.3) is 0 Å². The summed E-state index contributed by atoms with van der Waals surface area (Å²) in [5, 5.41) is 26.6. The fraction of sp³-hybridized carbons (Fsp3) is 0.909. The van der Waals surface area contributed by atoms with Crippen molar-refractivity contribution in [2.45, 2.75) is 73.1 Å². The SMILES string of the molecule is CC(C)C(O)(NCC(C)(C)C)C(=O)OCC(C)(C)CN[C@H](C(=O)O)C1CCOCC1. The number of carbonyl (C=O) groups excluding carboxylic acids is 1. The van der Waals surface area contributed by atoms with Gasteiger partial charge >= 0.3 is 11.9 Å². The third-order valence-electron chi connectivity index (χ3n) is 5.43. The number of carbonyl (C=O) groups is 2. The third-order valence-corrected chi connectivity index (χ3v) is 5.43. The third kappa shape index (κ3) is 8.49. The molecule has 1 rings (SSSR count). The van der Waals surface area contributed by atoms with Gasteiger partial charge in [0.15, 0.2) is 0 Å². The number of ether oxygens (including phenoxy) is 2. The molecule has 4 N–H and O–H groups in total. The number of rotatable bonds is 11. The Morgan fingerprint density at radius 2 is 1.67 bits per heavy atom. The molecule has 0 aliphatic carbocycles. The van der Waals surface area contributed by atoms with Crippen molar-refractivity contribution in [3.63, 3.8) is 0 Å². The van der Waals surface area contributed by atoms with Crippen LogP contribution in [-0.4, -0.2) is 66.8 Å². The van der Waals surface area contributed by atoms with Crippen LogP contribution in [-0.2, 0) is 19.1 Å². The van der Waals surface area contributed by atoms with Gasteiger partial charge in [-0.05, 0) is 24.2 Å². The van der Waals surface area contributed by atoms with Crippen LogP contribution in [0.5, 0.6) is 0 Å². The van der Waals surface area contributed by atoms with E-state index in [9.17, 15) is 19.8 Å². The predicted molar refractivity (Wildman–Crippen MR) is 115 cm³/mol. The van der Waals surface area contributed by atoms with Gasteiger partial charge in [0.05, 0.1) is 6.61 Å². The molecule has 0 amide bonds. The van der Waals surface area contributed by atoms with E-state index in [1.54, 1.807) is 13.8 Å². The summed E-state index contributed by atoms with van der Waals surface area (Å²) in [6, 6.07) is -0.662. The zero-order valence-electron chi connectivity index (χ0n) is 19.7. The van der Waals surface area contributed by atoms with Crippen molar-refractivity contribution in [3.8, 4) is 0 Å². The summed E-state index contributed by atoms with van der Waals surface area (Å²) >= 11 is 0. The van der Waals surface area contributed by atoms with Gasteiger partial charge in [0, 0.05) is 37.6 Å². The highest BCUT2D eigenvalue weighted by Gasteiger charge is 2.42. The van der Waals surface area contributed by atoms with Gasteiger partial charge in [-0.3, -0.25) is 10.1 Å². The van der Waals surface area contributed by atoms with Gasteiger partial charge < -0.3 is 25.0 Å². The van der Waals surface area contributed by atoms with E-state index in [0.29, 0.717) is 39.1 Å². The van der Waals surface area contributed by atoms with Crippen molar-refractivity contribution in [1.29, 1.82) is 0 Å². The Morgan fingerprint density at radius 3 is 2.13 bits per heavy atom. The van der Waals surface area contributed by atoms with E-state index < -0.39 is 29.1 Å². The average molecular weight is 431 g/mol. The van der Waals surface area contributed by atoms with Crippen LogP contribution in [0.2, 0.25) is 0 Å². The van der Waals surface area contributed by atoms with Gasteiger partial charge in [0.2, 0.25) is 5.72 Å². The van der Waals surface area contributed by atoms with E-state index in [1.807, 2.05) is 34.6 Å². The van der Waals surface area contributed by atoms with Crippen molar-refractivity contribution in [2.24, 2.45) is 22.7 Å². The van der Waals surface area contributed by atoms with Crippen LogP contribution in [0.25, 0.3) is 0 Å². The molecule has 1 heterocycles. The van der Waals surface area contributed by atoms with Crippen LogP contribution in [0.3, 0.4) is 0 Å². The molecule has 1 fully saturated rings. The maximum atomic E-state index is 12.7. The quantitative estimate of drug-likeness (QED) is 0.290. The van der Waals surface area contributed by atoms with E-state index in [-0.39, 0.29) is 23.9 Å². The minimum absolute atomic E-state index is 0.0160. The second kappa shape index (κ2) is 10.9. The van der Waals surface area contributed by atoms with Gasteiger partial charge in [-0.2, -0.15) is 0 Å². The van der Waals surface area contributed by atoms with E-state index in [2.05, 4.69) is 10.6 Å². The van der Waals surface area contributed by atoms with E-state index in [1.165, 1.54) is 0 Å². The van der Waals surface area contributed by atoms with Gasteiger partial charge in [-0.15, -0.1) is 0 Å². The number of aliphatic carboxylic acids is 1. The van der Waals surface area contributed by atoms with Crippen molar-refractivity contribution >= 4 is 11.9 Å². The van der Waals surface area contributed by atoms with Gasteiger partial charge in [-0.25, -0.2) is 4.79 Å². The first-order valence-corrected chi connectivity index (χ1v) is 10.9.